The van der Waals surface area contributed by atoms with Gasteiger partial charge in [-0.25, -0.2) is 4.99 Å². The van der Waals surface area contributed by atoms with Gasteiger partial charge >= 0.3 is 0 Å². The first kappa shape index (κ1) is 18.8. The molecule has 1 heterocycles. The van der Waals surface area contributed by atoms with E-state index in [-0.39, 0.29) is 11.2 Å². The zero-order valence-corrected chi connectivity index (χ0v) is 15.7. The third-order valence-electron chi connectivity index (χ3n) is 5.64. The average Bonchev–Trinajstić information content (AvgIpc) is 3.29. The van der Waals surface area contributed by atoms with Gasteiger partial charge < -0.3 is 25.5 Å². The molecule has 2 atom stereocenters. The highest BCUT2D eigenvalue weighted by molar-refractivity contribution is 5.89. The highest BCUT2D eigenvalue weighted by Gasteiger charge is 2.56. The molecule has 2 unspecified atom stereocenters. The second kappa shape index (κ2) is 8.12. The SMILES string of the molecule is CCNC(=NCc1ccc(C(N)=O)o1)NC1CC(OCC)C12CCCC2. The summed E-state index contributed by atoms with van der Waals surface area (Å²) in [4.78, 5) is 15.7. The van der Waals surface area contributed by atoms with Gasteiger partial charge in [-0.05, 0) is 45.2 Å². The first-order valence-corrected chi connectivity index (χ1v) is 9.64. The lowest BCUT2D eigenvalue weighted by atomic mass is 9.60. The first-order valence-electron chi connectivity index (χ1n) is 9.64. The molecule has 0 radical (unpaired) electrons. The van der Waals surface area contributed by atoms with Gasteiger partial charge in [0.2, 0.25) is 0 Å². The Morgan fingerprint density at radius 3 is 2.77 bits per heavy atom. The van der Waals surface area contributed by atoms with Crippen LogP contribution in [0.4, 0.5) is 0 Å². The van der Waals surface area contributed by atoms with E-state index in [4.69, 9.17) is 14.9 Å². The molecular formula is C19H30N4O3. The van der Waals surface area contributed by atoms with Crippen molar-refractivity contribution >= 4 is 11.9 Å². The lowest BCUT2D eigenvalue weighted by Gasteiger charge is -2.54. The Labute approximate surface area is 154 Å². The number of ether oxygens (including phenoxy) is 1. The number of nitrogens with zero attached hydrogens (tertiary/aromatic N) is 1. The zero-order valence-electron chi connectivity index (χ0n) is 15.7. The van der Waals surface area contributed by atoms with Crippen LogP contribution in [-0.2, 0) is 11.3 Å². The van der Waals surface area contributed by atoms with Gasteiger partial charge in [-0.1, -0.05) is 12.8 Å². The van der Waals surface area contributed by atoms with Crippen molar-refractivity contribution < 1.29 is 13.9 Å². The molecule has 1 spiro atoms. The van der Waals surface area contributed by atoms with Crippen LogP contribution in [0.2, 0.25) is 0 Å². The Kier molecular flexibility index (Phi) is 5.86. The summed E-state index contributed by atoms with van der Waals surface area (Å²) in [6, 6.07) is 3.71. The maximum atomic E-state index is 11.1. The summed E-state index contributed by atoms with van der Waals surface area (Å²) in [5.74, 6) is 0.990. The fourth-order valence-electron chi connectivity index (χ4n) is 4.33. The van der Waals surface area contributed by atoms with E-state index in [2.05, 4.69) is 22.5 Å². The monoisotopic (exact) mass is 362 g/mol. The summed E-state index contributed by atoms with van der Waals surface area (Å²) in [5, 5.41) is 6.90. The standard InChI is InChI=1S/C19H30N4O3/c1-3-21-18(22-12-13-7-8-14(26-13)17(20)24)23-15-11-16(25-4-2)19(15)9-5-6-10-19/h7-8,15-16H,3-6,9-12H2,1-2H3,(H2,20,24)(H2,21,22,23). The number of carbonyl (C=O) groups is 1. The Balaban J connectivity index is 1.65. The Morgan fingerprint density at radius 1 is 1.38 bits per heavy atom. The van der Waals surface area contributed by atoms with Crippen molar-refractivity contribution in [2.24, 2.45) is 16.1 Å². The van der Waals surface area contributed by atoms with E-state index in [1.54, 1.807) is 12.1 Å². The van der Waals surface area contributed by atoms with E-state index < -0.39 is 5.91 Å². The number of nitrogens with two attached hydrogens (primary N) is 1. The summed E-state index contributed by atoms with van der Waals surface area (Å²) >= 11 is 0. The van der Waals surface area contributed by atoms with Crippen LogP contribution in [0.15, 0.2) is 21.5 Å². The molecule has 26 heavy (non-hydrogen) atoms. The summed E-state index contributed by atoms with van der Waals surface area (Å²) in [6.45, 7) is 6.03. The summed E-state index contributed by atoms with van der Waals surface area (Å²) in [7, 11) is 0. The van der Waals surface area contributed by atoms with Crippen molar-refractivity contribution in [3.8, 4) is 0 Å². The number of guanidine groups is 1. The van der Waals surface area contributed by atoms with Crippen LogP contribution in [0.1, 0.15) is 62.3 Å². The summed E-state index contributed by atoms with van der Waals surface area (Å²) in [5.41, 5.74) is 5.47. The topological polar surface area (TPSA) is 102 Å². The number of primary amides is 1. The van der Waals surface area contributed by atoms with Crippen molar-refractivity contribution in [3.05, 3.63) is 23.7 Å². The van der Waals surface area contributed by atoms with Gasteiger partial charge in [0.1, 0.15) is 12.3 Å². The number of rotatable bonds is 7. The van der Waals surface area contributed by atoms with Gasteiger partial charge in [-0.15, -0.1) is 0 Å². The Morgan fingerprint density at radius 2 is 2.15 bits per heavy atom. The van der Waals surface area contributed by atoms with Crippen LogP contribution in [0.3, 0.4) is 0 Å². The minimum atomic E-state index is -0.565. The van der Waals surface area contributed by atoms with Crippen LogP contribution in [0.25, 0.3) is 0 Å². The fourth-order valence-corrected chi connectivity index (χ4v) is 4.33. The molecule has 4 N–H and O–H groups in total. The highest BCUT2D eigenvalue weighted by atomic mass is 16.5. The van der Waals surface area contributed by atoms with Gasteiger partial charge in [0.05, 0.1) is 6.10 Å². The lowest BCUT2D eigenvalue weighted by molar-refractivity contribution is -0.125. The predicted octanol–water partition coefficient (Wildman–Crippen LogP) is 2.17. The molecule has 7 nitrogen and oxygen atoms in total. The van der Waals surface area contributed by atoms with Gasteiger partial charge in [0.25, 0.3) is 5.91 Å². The van der Waals surface area contributed by atoms with Crippen LogP contribution in [-0.4, -0.2) is 37.2 Å². The van der Waals surface area contributed by atoms with Gasteiger partial charge in [0.15, 0.2) is 11.7 Å². The lowest BCUT2D eigenvalue weighted by Crippen LogP contribution is -2.65. The summed E-state index contributed by atoms with van der Waals surface area (Å²) in [6.07, 6.45) is 6.36. The quantitative estimate of drug-likeness (QED) is 0.510. The maximum Gasteiger partial charge on any atom is 0.284 e. The second-order valence-electron chi connectivity index (χ2n) is 7.14. The number of amides is 1. The minimum absolute atomic E-state index is 0.164. The number of nitrogens with one attached hydrogen (secondary N) is 2. The van der Waals surface area contributed by atoms with Crippen LogP contribution in [0, 0.1) is 5.41 Å². The van der Waals surface area contributed by atoms with E-state index in [1.165, 1.54) is 25.7 Å². The second-order valence-corrected chi connectivity index (χ2v) is 7.14. The molecule has 0 aromatic carbocycles. The molecule has 2 saturated carbocycles. The molecule has 0 bridgehead atoms. The smallest absolute Gasteiger partial charge is 0.284 e. The maximum absolute atomic E-state index is 11.1. The van der Waals surface area contributed by atoms with E-state index in [1.807, 2.05) is 6.92 Å². The molecule has 1 aromatic heterocycles. The molecule has 1 aromatic rings. The number of aliphatic imine (C=N–C) groups is 1. The minimum Gasteiger partial charge on any atom is -0.454 e. The molecule has 7 heteroatoms. The predicted molar refractivity (Wildman–Crippen MR) is 99.9 cm³/mol. The van der Waals surface area contributed by atoms with Crippen molar-refractivity contribution in [1.29, 1.82) is 0 Å². The van der Waals surface area contributed by atoms with E-state index >= 15 is 0 Å². The van der Waals surface area contributed by atoms with Crippen molar-refractivity contribution in [2.75, 3.05) is 13.2 Å². The van der Waals surface area contributed by atoms with E-state index in [0.29, 0.717) is 24.5 Å². The molecule has 144 valence electrons. The Hall–Kier alpha value is -2.02. The molecule has 2 aliphatic rings. The average molecular weight is 362 g/mol. The molecule has 2 fully saturated rings. The number of furan rings is 1. The van der Waals surface area contributed by atoms with Crippen molar-refractivity contribution in [3.63, 3.8) is 0 Å². The number of hydrogen-bond acceptors (Lipinski definition) is 4. The molecule has 0 saturated heterocycles. The largest absolute Gasteiger partial charge is 0.454 e. The first-order chi connectivity index (χ1) is 12.6. The molecular weight excluding hydrogens is 332 g/mol. The fraction of sp³-hybridized carbons (Fsp3) is 0.684. The van der Waals surface area contributed by atoms with Crippen LogP contribution >= 0.6 is 0 Å². The van der Waals surface area contributed by atoms with Crippen molar-refractivity contribution in [1.82, 2.24) is 10.6 Å². The van der Waals surface area contributed by atoms with Gasteiger partial charge in [-0.2, -0.15) is 0 Å². The van der Waals surface area contributed by atoms with Crippen LogP contribution < -0.4 is 16.4 Å². The zero-order chi connectivity index (χ0) is 18.6. The molecule has 3 rings (SSSR count). The van der Waals surface area contributed by atoms with E-state index in [9.17, 15) is 4.79 Å². The third-order valence-corrected chi connectivity index (χ3v) is 5.64. The molecule has 0 aliphatic heterocycles. The summed E-state index contributed by atoms with van der Waals surface area (Å²) < 4.78 is 11.4. The molecule has 2 aliphatic carbocycles. The highest BCUT2D eigenvalue weighted by Crippen LogP contribution is 2.54. The molecule has 1 amide bonds. The van der Waals surface area contributed by atoms with Gasteiger partial charge in [-0.3, -0.25) is 4.79 Å². The normalized spacial score (nSPS) is 24.5. The van der Waals surface area contributed by atoms with Crippen molar-refractivity contribution in [2.45, 2.75) is 64.6 Å². The van der Waals surface area contributed by atoms with Gasteiger partial charge in [0, 0.05) is 24.6 Å². The Bertz CT molecular complexity index is 649. The van der Waals surface area contributed by atoms with E-state index in [0.717, 1.165) is 25.5 Å². The number of hydrogen-bond donors (Lipinski definition) is 3. The number of carbonyl (C=O) groups excluding carboxylic acids is 1. The third kappa shape index (κ3) is 3.72. The van der Waals surface area contributed by atoms with Crippen LogP contribution in [0.5, 0.6) is 0 Å².